The van der Waals surface area contributed by atoms with Crippen molar-refractivity contribution >= 4 is 5.96 Å². The molecule has 1 N–H and O–H groups in total. The largest absolute Gasteiger partial charge is 0.367 e. The van der Waals surface area contributed by atoms with E-state index in [-0.39, 0.29) is 18.0 Å². The van der Waals surface area contributed by atoms with Crippen molar-refractivity contribution in [1.29, 1.82) is 0 Å². The number of ether oxygens (including phenoxy) is 1. The zero-order valence-corrected chi connectivity index (χ0v) is 17.1. The first-order valence-electron chi connectivity index (χ1n) is 9.92. The Labute approximate surface area is 175 Å². The van der Waals surface area contributed by atoms with Crippen LogP contribution in [0.15, 0.2) is 66.3 Å². The number of aromatic nitrogens is 3. The Balaban J connectivity index is 1.40. The second kappa shape index (κ2) is 9.04. The first-order chi connectivity index (χ1) is 14.6. The highest BCUT2D eigenvalue weighted by atomic mass is 19.1. The third kappa shape index (κ3) is 4.65. The van der Waals surface area contributed by atoms with Gasteiger partial charge in [0.1, 0.15) is 24.1 Å². The van der Waals surface area contributed by atoms with Gasteiger partial charge in [-0.25, -0.2) is 14.4 Å². The quantitative estimate of drug-likeness (QED) is 0.531. The van der Waals surface area contributed by atoms with Crippen LogP contribution in [0.3, 0.4) is 0 Å². The van der Waals surface area contributed by atoms with Crippen molar-refractivity contribution in [1.82, 2.24) is 24.8 Å². The highest BCUT2D eigenvalue weighted by Gasteiger charge is 2.28. The van der Waals surface area contributed by atoms with Gasteiger partial charge in [-0.15, -0.1) is 0 Å². The Kier molecular flexibility index (Phi) is 6.04. The van der Waals surface area contributed by atoms with E-state index in [9.17, 15) is 4.39 Å². The van der Waals surface area contributed by atoms with Crippen LogP contribution in [0.1, 0.15) is 24.2 Å². The van der Waals surface area contributed by atoms with Crippen LogP contribution >= 0.6 is 0 Å². The van der Waals surface area contributed by atoms with Crippen molar-refractivity contribution in [2.24, 2.45) is 4.99 Å². The average Bonchev–Trinajstić information content (AvgIpc) is 3.30. The van der Waals surface area contributed by atoms with Crippen molar-refractivity contribution in [3.63, 3.8) is 0 Å². The Morgan fingerprint density at radius 1 is 1.23 bits per heavy atom. The van der Waals surface area contributed by atoms with Gasteiger partial charge in [0, 0.05) is 38.7 Å². The molecule has 8 heteroatoms. The summed E-state index contributed by atoms with van der Waals surface area (Å²) in [6.45, 7) is 4.02. The summed E-state index contributed by atoms with van der Waals surface area (Å²) in [5.41, 5.74) is 2.01. The van der Waals surface area contributed by atoms with E-state index < -0.39 is 0 Å². The van der Waals surface area contributed by atoms with Crippen molar-refractivity contribution in [3.05, 3.63) is 78.3 Å². The minimum absolute atomic E-state index is 0.0310. The molecule has 0 amide bonds. The van der Waals surface area contributed by atoms with Crippen molar-refractivity contribution in [3.8, 4) is 5.82 Å². The molecule has 0 bridgehead atoms. The average molecular weight is 408 g/mol. The summed E-state index contributed by atoms with van der Waals surface area (Å²) in [6.07, 6.45) is 7.05. The smallest absolute Gasteiger partial charge is 0.194 e. The number of benzene rings is 1. The van der Waals surface area contributed by atoms with Gasteiger partial charge < -0.3 is 15.0 Å². The minimum Gasteiger partial charge on any atom is -0.367 e. The lowest BCUT2D eigenvalue weighted by molar-refractivity contribution is -0.0605. The number of imidazole rings is 1. The first kappa shape index (κ1) is 20.0. The van der Waals surface area contributed by atoms with Gasteiger partial charge in [0.2, 0.25) is 0 Å². The van der Waals surface area contributed by atoms with Gasteiger partial charge in [-0.2, -0.15) is 0 Å². The Hall–Kier alpha value is -3.26. The normalized spacial score (nSPS) is 19.7. The van der Waals surface area contributed by atoms with E-state index in [2.05, 4.69) is 25.2 Å². The zero-order chi connectivity index (χ0) is 20.9. The number of nitrogens with zero attached hydrogens (tertiary/aromatic N) is 5. The molecule has 3 heterocycles. The molecular formula is C22H25FN6O. The molecule has 1 aromatic carbocycles. The van der Waals surface area contributed by atoms with Gasteiger partial charge in [-0.05, 0) is 36.2 Å². The van der Waals surface area contributed by atoms with Crippen LogP contribution < -0.4 is 5.32 Å². The van der Waals surface area contributed by atoms with Crippen molar-refractivity contribution in [2.75, 3.05) is 20.1 Å². The molecule has 0 aliphatic carbocycles. The van der Waals surface area contributed by atoms with Crippen molar-refractivity contribution < 1.29 is 9.13 Å². The summed E-state index contributed by atoms with van der Waals surface area (Å²) < 4.78 is 21.2. The van der Waals surface area contributed by atoms with Crippen LogP contribution in [0.2, 0.25) is 0 Å². The summed E-state index contributed by atoms with van der Waals surface area (Å²) in [4.78, 5) is 15.2. The molecule has 156 valence electrons. The number of morpholine rings is 1. The maximum absolute atomic E-state index is 13.3. The maximum atomic E-state index is 13.3. The summed E-state index contributed by atoms with van der Waals surface area (Å²) in [7, 11) is 1.77. The zero-order valence-electron chi connectivity index (χ0n) is 17.1. The van der Waals surface area contributed by atoms with Gasteiger partial charge in [0.05, 0.1) is 12.6 Å². The number of rotatable bonds is 4. The second-order valence-electron chi connectivity index (χ2n) is 7.29. The van der Waals surface area contributed by atoms with Crippen LogP contribution in [-0.2, 0) is 11.3 Å². The molecule has 4 rings (SSSR count). The Morgan fingerprint density at radius 3 is 2.73 bits per heavy atom. The molecule has 1 fully saturated rings. The molecule has 2 unspecified atom stereocenters. The Morgan fingerprint density at radius 2 is 2.07 bits per heavy atom. The monoisotopic (exact) mass is 408 g/mol. The maximum Gasteiger partial charge on any atom is 0.194 e. The number of nitrogens with one attached hydrogen (secondary N) is 1. The fourth-order valence-corrected chi connectivity index (χ4v) is 3.57. The molecule has 0 spiro atoms. The van der Waals surface area contributed by atoms with E-state index in [1.165, 1.54) is 12.1 Å². The van der Waals surface area contributed by atoms with Gasteiger partial charge in [0.25, 0.3) is 0 Å². The molecule has 2 aromatic heterocycles. The lowest BCUT2D eigenvalue weighted by Gasteiger charge is -2.38. The molecule has 2 atom stereocenters. The molecule has 30 heavy (non-hydrogen) atoms. The number of hydrogen-bond donors (Lipinski definition) is 1. The molecule has 3 aromatic rings. The first-order valence-corrected chi connectivity index (χ1v) is 9.92. The lowest BCUT2D eigenvalue weighted by Crippen LogP contribution is -2.50. The highest BCUT2D eigenvalue weighted by molar-refractivity contribution is 5.80. The highest BCUT2D eigenvalue weighted by Crippen LogP contribution is 2.25. The minimum atomic E-state index is -0.246. The number of guanidine groups is 1. The van der Waals surface area contributed by atoms with E-state index in [1.54, 1.807) is 31.7 Å². The van der Waals surface area contributed by atoms with E-state index >= 15 is 0 Å². The number of hydrogen-bond acceptors (Lipinski definition) is 4. The van der Waals surface area contributed by atoms with E-state index in [4.69, 9.17) is 4.74 Å². The van der Waals surface area contributed by atoms with Gasteiger partial charge >= 0.3 is 0 Å². The third-order valence-electron chi connectivity index (χ3n) is 5.04. The summed E-state index contributed by atoms with van der Waals surface area (Å²) in [5, 5.41) is 3.41. The molecule has 0 saturated carbocycles. The molecule has 1 aliphatic rings. The number of pyridine rings is 1. The Bertz CT molecular complexity index is 972. The molecule has 1 aliphatic heterocycles. The van der Waals surface area contributed by atoms with E-state index in [1.807, 2.05) is 36.0 Å². The van der Waals surface area contributed by atoms with E-state index in [0.717, 1.165) is 29.4 Å². The van der Waals surface area contributed by atoms with Gasteiger partial charge in [0.15, 0.2) is 5.96 Å². The predicted octanol–water partition coefficient (Wildman–Crippen LogP) is 2.94. The van der Waals surface area contributed by atoms with Gasteiger partial charge in [-0.3, -0.25) is 9.56 Å². The number of halogens is 1. The fraction of sp³-hybridized carbons (Fsp3) is 0.318. The predicted molar refractivity (Wildman–Crippen MR) is 113 cm³/mol. The molecule has 7 nitrogen and oxygen atoms in total. The van der Waals surface area contributed by atoms with E-state index in [0.29, 0.717) is 13.1 Å². The number of aliphatic imine (C=N–C) groups is 1. The molecule has 1 saturated heterocycles. The second-order valence-corrected chi connectivity index (χ2v) is 7.29. The molecule has 0 radical (unpaired) electrons. The third-order valence-corrected chi connectivity index (χ3v) is 5.04. The van der Waals surface area contributed by atoms with Gasteiger partial charge in [-0.1, -0.05) is 18.2 Å². The van der Waals surface area contributed by atoms with Crippen LogP contribution in [0.25, 0.3) is 5.82 Å². The van der Waals surface area contributed by atoms with Crippen LogP contribution in [0, 0.1) is 5.82 Å². The van der Waals surface area contributed by atoms with Crippen LogP contribution in [-0.4, -0.2) is 51.6 Å². The van der Waals surface area contributed by atoms with Crippen LogP contribution in [0.4, 0.5) is 4.39 Å². The van der Waals surface area contributed by atoms with Crippen molar-refractivity contribution in [2.45, 2.75) is 25.7 Å². The molecular weight excluding hydrogens is 383 g/mol. The summed E-state index contributed by atoms with van der Waals surface area (Å²) in [5.74, 6) is 1.38. The summed E-state index contributed by atoms with van der Waals surface area (Å²) >= 11 is 0. The fourth-order valence-electron chi connectivity index (χ4n) is 3.57. The lowest BCUT2D eigenvalue weighted by atomic mass is 10.1. The van der Waals surface area contributed by atoms with Crippen LogP contribution in [0.5, 0.6) is 0 Å². The standard InChI is InChI=1S/C22H25FN6O/c1-16-13-29(14-20(30-16)18-4-6-19(23)7-5-18)22(24-2)27-12-17-3-8-21(26-11-17)28-10-9-25-15-28/h3-11,15-16,20H,12-14H2,1-2H3,(H,24,27). The topological polar surface area (TPSA) is 67.6 Å². The SMILES string of the molecule is CN=C(NCc1ccc(-n2ccnc2)nc1)N1CC(C)OC(c2ccc(F)cc2)C1. The summed E-state index contributed by atoms with van der Waals surface area (Å²) in [6, 6.07) is 10.5.